The molecule has 0 amide bonds. The summed E-state index contributed by atoms with van der Waals surface area (Å²) in [6.45, 7) is 5.47. The lowest BCUT2D eigenvalue weighted by Gasteiger charge is -2.06. The van der Waals surface area contributed by atoms with Gasteiger partial charge in [-0.2, -0.15) is 0 Å². The number of nitrogen functional groups attached to an aromatic ring is 1. The third kappa shape index (κ3) is 4.44. The van der Waals surface area contributed by atoms with E-state index in [-0.39, 0.29) is 5.97 Å². The van der Waals surface area contributed by atoms with E-state index in [4.69, 9.17) is 15.2 Å². The number of aryl methyl sites for hydroxylation is 1. The second-order valence-electron chi connectivity index (χ2n) is 3.76. The molecule has 2 N–H and O–H groups in total. The van der Waals surface area contributed by atoms with E-state index in [0.29, 0.717) is 37.5 Å². The molecule has 0 saturated carbocycles. The van der Waals surface area contributed by atoms with Crippen LogP contribution in [0.1, 0.15) is 29.3 Å². The van der Waals surface area contributed by atoms with Gasteiger partial charge in [-0.25, -0.2) is 4.79 Å². The fourth-order valence-electron chi connectivity index (χ4n) is 1.36. The Hall–Kier alpha value is -1.55. The first-order valence-corrected chi connectivity index (χ1v) is 5.76. The van der Waals surface area contributed by atoms with Crippen molar-refractivity contribution in [1.29, 1.82) is 0 Å². The van der Waals surface area contributed by atoms with Crippen molar-refractivity contribution in [3.05, 3.63) is 29.3 Å². The maximum Gasteiger partial charge on any atom is 0.338 e. The molecule has 0 heterocycles. The molecule has 0 saturated heterocycles. The van der Waals surface area contributed by atoms with Crippen LogP contribution in [0.15, 0.2) is 18.2 Å². The predicted octanol–water partition coefficient (Wildman–Crippen LogP) is 2.16. The van der Waals surface area contributed by atoms with Gasteiger partial charge in [0.05, 0.1) is 12.2 Å². The topological polar surface area (TPSA) is 61.5 Å². The van der Waals surface area contributed by atoms with Crippen molar-refractivity contribution in [2.45, 2.75) is 20.3 Å². The van der Waals surface area contributed by atoms with Gasteiger partial charge in [-0.1, -0.05) is 0 Å². The number of nitrogens with two attached hydrogens (primary N) is 1. The van der Waals surface area contributed by atoms with Gasteiger partial charge < -0.3 is 15.2 Å². The Morgan fingerprint density at radius 1 is 1.35 bits per heavy atom. The standard InChI is InChI=1S/C13H19NO3/c1-3-16-7-4-8-17-13(15)11-5-6-12(14)10(2)9-11/h5-6,9H,3-4,7-8,14H2,1-2H3. The first-order chi connectivity index (χ1) is 8.15. The molecule has 0 bridgehead atoms. The van der Waals surface area contributed by atoms with Gasteiger partial charge in [0.1, 0.15) is 0 Å². The lowest BCUT2D eigenvalue weighted by Crippen LogP contribution is -2.09. The molecule has 94 valence electrons. The maximum absolute atomic E-state index is 11.6. The van der Waals surface area contributed by atoms with E-state index >= 15 is 0 Å². The number of carbonyl (C=O) groups excluding carboxylic acids is 1. The van der Waals surface area contributed by atoms with E-state index in [1.165, 1.54) is 0 Å². The molecule has 0 radical (unpaired) electrons. The van der Waals surface area contributed by atoms with Gasteiger partial charge in [0.15, 0.2) is 0 Å². The lowest BCUT2D eigenvalue weighted by molar-refractivity contribution is 0.0452. The molecule has 1 rings (SSSR count). The second kappa shape index (κ2) is 6.91. The molecule has 4 nitrogen and oxygen atoms in total. The van der Waals surface area contributed by atoms with Crippen molar-refractivity contribution < 1.29 is 14.3 Å². The minimum atomic E-state index is -0.315. The molecule has 1 aromatic carbocycles. The normalized spacial score (nSPS) is 10.2. The van der Waals surface area contributed by atoms with Crippen molar-refractivity contribution in [2.24, 2.45) is 0 Å². The summed E-state index contributed by atoms with van der Waals surface area (Å²) in [5.74, 6) is -0.315. The van der Waals surface area contributed by atoms with E-state index in [1.54, 1.807) is 18.2 Å². The Morgan fingerprint density at radius 3 is 2.76 bits per heavy atom. The Bertz CT molecular complexity index is 377. The third-order valence-corrected chi connectivity index (χ3v) is 2.38. The predicted molar refractivity (Wildman–Crippen MR) is 67.0 cm³/mol. The van der Waals surface area contributed by atoms with Crippen molar-refractivity contribution in [1.82, 2.24) is 0 Å². The number of rotatable bonds is 6. The number of hydrogen-bond acceptors (Lipinski definition) is 4. The van der Waals surface area contributed by atoms with Crippen LogP contribution in [0.2, 0.25) is 0 Å². The minimum absolute atomic E-state index is 0.315. The fourth-order valence-corrected chi connectivity index (χ4v) is 1.36. The molecule has 0 aliphatic heterocycles. The van der Waals surface area contributed by atoms with Crippen LogP contribution in [0.4, 0.5) is 5.69 Å². The number of benzene rings is 1. The summed E-state index contributed by atoms with van der Waals surface area (Å²) >= 11 is 0. The van der Waals surface area contributed by atoms with Crippen LogP contribution in [0.3, 0.4) is 0 Å². The fraction of sp³-hybridized carbons (Fsp3) is 0.462. The van der Waals surface area contributed by atoms with Gasteiger partial charge >= 0.3 is 5.97 Å². The number of esters is 1. The molecule has 0 aromatic heterocycles. The molecule has 4 heteroatoms. The van der Waals surface area contributed by atoms with Crippen LogP contribution in [0.25, 0.3) is 0 Å². The molecule has 1 aromatic rings. The molecule has 0 aliphatic carbocycles. The molecular weight excluding hydrogens is 218 g/mol. The Morgan fingerprint density at radius 2 is 2.12 bits per heavy atom. The van der Waals surface area contributed by atoms with Gasteiger partial charge in [0.2, 0.25) is 0 Å². The largest absolute Gasteiger partial charge is 0.462 e. The first kappa shape index (κ1) is 13.5. The summed E-state index contributed by atoms with van der Waals surface area (Å²) in [4.78, 5) is 11.6. The monoisotopic (exact) mass is 237 g/mol. The summed E-state index contributed by atoms with van der Waals surface area (Å²) in [5, 5.41) is 0. The number of ether oxygens (including phenoxy) is 2. The van der Waals surface area contributed by atoms with E-state index in [9.17, 15) is 4.79 Å². The number of carbonyl (C=O) groups is 1. The van der Waals surface area contributed by atoms with Gasteiger partial charge in [-0.05, 0) is 37.6 Å². The first-order valence-electron chi connectivity index (χ1n) is 5.76. The molecule has 0 atom stereocenters. The van der Waals surface area contributed by atoms with E-state index < -0.39 is 0 Å². The lowest BCUT2D eigenvalue weighted by atomic mass is 10.1. The average molecular weight is 237 g/mol. The highest BCUT2D eigenvalue weighted by atomic mass is 16.5. The van der Waals surface area contributed by atoms with Crippen LogP contribution >= 0.6 is 0 Å². The Balaban J connectivity index is 2.39. The van der Waals surface area contributed by atoms with E-state index in [2.05, 4.69) is 0 Å². The zero-order chi connectivity index (χ0) is 12.7. The smallest absolute Gasteiger partial charge is 0.338 e. The Labute approximate surface area is 102 Å². The van der Waals surface area contributed by atoms with E-state index in [0.717, 1.165) is 5.56 Å². The number of anilines is 1. The summed E-state index contributed by atoms with van der Waals surface area (Å²) in [5.41, 5.74) is 7.77. The van der Waals surface area contributed by atoms with Crippen LogP contribution in [0.5, 0.6) is 0 Å². The highest BCUT2D eigenvalue weighted by molar-refractivity contribution is 5.90. The minimum Gasteiger partial charge on any atom is -0.462 e. The third-order valence-electron chi connectivity index (χ3n) is 2.38. The average Bonchev–Trinajstić information content (AvgIpc) is 2.32. The van der Waals surface area contributed by atoms with Crippen LogP contribution in [-0.4, -0.2) is 25.8 Å². The highest BCUT2D eigenvalue weighted by Gasteiger charge is 2.07. The second-order valence-corrected chi connectivity index (χ2v) is 3.76. The molecule has 0 spiro atoms. The summed E-state index contributed by atoms with van der Waals surface area (Å²) < 4.78 is 10.3. The molecule has 17 heavy (non-hydrogen) atoms. The van der Waals surface area contributed by atoms with Gasteiger partial charge in [-0.15, -0.1) is 0 Å². The van der Waals surface area contributed by atoms with Crippen LogP contribution in [0, 0.1) is 6.92 Å². The van der Waals surface area contributed by atoms with Crippen molar-refractivity contribution in [3.63, 3.8) is 0 Å². The van der Waals surface area contributed by atoms with E-state index in [1.807, 2.05) is 13.8 Å². The van der Waals surface area contributed by atoms with Crippen molar-refractivity contribution >= 4 is 11.7 Å². The van der Waals surface area contributed by atoms with Crippen LogP contribution in [-0.2, 0) is 9.47 Å². The zero-order valence-corrected chi connectivity index (χ0v) is 10.4. The molecule has 0 fully saturated rings. The summed E-state index contributed by atoms with van der Waals surface area (Å²) in [6.07, 6.45) is 0.716. The Kier molecular flexibility index (Phi) is 5.49. The van der Waals surface area contributed by atoms with Crippen molar-refractivity contribution in [3.8, 4) is 0 Å². The SMILES string of the molecule is CCOCCCOC(=O)c1ccc(N)c(C)c1. The molecule has 0 aliphatic rings. The molecular formula is C13H19NO3. The van der Waals surface area contributed by atoms with Gasteiger partial charge in [-0.3, -0.25) is 0 Å². The summed E-state index contributed by atoms with van der Waals surface area (Å²) in [7, 11) is 0. The van der Waals surface area contributed by atoms with Gasteiger partial charge in [0, 0.05) is 25.3 Å². The highest BCUT2D eigenvalue weighted by Crippen LogP contribution is 2.13. The summed E-state index contributed by atoms with van der Waals surface area (Å²) in [6, 6.07) is 5.12. The maximum atomic E-state index is 11.6. The molecule has 0 unspecified atom stereocenters. The van der Waals surface area contributed by atoms with Crippen molar-refractivity contribution in [2.75, 3.05) is 25.6 Å². The quantitative estimate of drug-likeness (QED) is 0.468. The zero-order valence-electron chi connectivity index (χ0n) is 10.4. The van der Waals surface area contributed by atoms with Gasteiger partial charge in [0.25, 0.3) is 0 Å². The van der Waals surface area contributed by atoms with Crippen LogP contribution < -0.4 is 5.73 Å². The number of hydrogen-bond donors (Lipinski definition) is 1.